The first kappa shape index (κ1) is 19.1. The fourth-order valence-electron chi connectivity index (χ4n) is 2.29. The summed E-state index contributed by atoms with van der Waals surface area (Å²) in [4.78, 5) is 12.3. The SMILES string of the molecule is COc1ccc(Cl)cc1N(CC(=O)Nc1cccc(C)c1)S(C)(=O)=O. The molecular weight excluding hydrogens is 364 g/mol. The van der Waals surface area contributed by atoms with Crippen molar-refractivity contribution >= 4 is 38.9 Å². The Labute approximate surface area is 152 Å². The van der Waals surface area contributed by atoms with Crippen LogP contribution in [0.5, 0.6) is 5.75 Å². The van der Waals surface area contributed by atoms with E-state index in [1.807, 2.05) is 13.0 Å². The molecular formula is C17H19ClN2O4S. The van der Waals surface area contributed by atoms with Gasteiger partial charge in [-0.15, -0.1) is 0 Å². The molecule has 2 aromatic rings. The Kier molecular flexibility index (Phi) is 5.92. The molecule has 0 saturated heterocycles. The van der Waals surface area contributed by atoms with Crippen LogP contribution in [0.2, 0.25) is 5.02 Å². The summed E-state index contributed by atoms with van der Waals surface area (Å²) in [6, 6.07) is 11.8. The van der Waals surface area contributed by atoms with Crippen molar-refractivity contribution in [2.75, 3.05) is 29.5 Å². The summed E-state index contributed by atoms with van der Waals surface area (Å²) >= 11 is 5.97. The molecule has 8 heteroatoms. The lowest BCUT2D eigenvalue weighted by Crippen LogP contribution is -2.37. The minimum atomic E-state index is -3.73. The van der Waals surface area contributed by atoms with Gasteiger partial charge in [0.2, 0.25) is 15.9 Å². The number of halogens is 1. The number of benzene rings is 2. The maximum atomic E-state index is 12.3. The third-order valence-corrected chi connectivity index (χ3v) is 4.76. The van der Waals surface area contributed by atoms with Crippen LogP contribution in [0.25, 0.3) is 0 Å². The van der Waals surface area contributed by atoms with Gasteiger partial charge in [-0.1, -0.05) is 23.7 Å². The summed E-state index contributed by atoms with van der Waals surface area (Å²) in [5, 5.41) is 3.02. The topological polar surface area (TPSA) is 75.7 Å². The fraction of sp³-hybridized carbons (Fsp3) is 0.235. The number of aryl methyl sites for hydroxylation is 1. The zero-order chi connectivity index (χ0) is 18.6. The normalized spacial score (nSPS) is 11.0. The smallest absolute Gasteiger partial charge is 0.245 e. The van der Waals surface area contributed by atoms with E-state index in [1.165, 1.54) is 13.2 Å². The van der Waals surface area contributed by atoms with E-state index in [-0.39, 0.29) is 5.69 Å². The van der Waals surface area contributed by atoms with Gasteiger partial charge >= 0.3 is 0 Å². The van der Waals surface area contributed by atoms with Gasteiger partial charge in [0, 0.05) is 10.7 Å². The van der Waals surface area contributed by atoms with E-state index < -0.39 is 22.5 Å². The largest absolute Gasteiger partial charge is 0.495 e. The fourth-order valence-corrected chi connectivity index (χ4v) is 3.31. The van der Waals surface area contributed by atoms with Crippen LogP contribution in [0.15, 0.2) is 42.5 Å². The van der Waals surface area contributed by atoms with Crippen molar-refractivity contribution in [2.45, 2.75) is 6.92 Å². The molecule has 0 heterocycles. The Bertz CT molecular complexity index is 884. The van der Waals surface area contributed by atoms with Gasteiger partial charge in [-0.05, 0) is 42.8 Å². The van der Waals surface area contributed by atoms with Gasteiger partial charge in [0.25, 0.3) is 0 Å². The number of hydrogen-bond donors (Lipinski definition) is 1. The molecule has 0 aliphatic rings. The molecule has 0 bridgehead atoms. The Balaban J connectivity index is 2.30. The summed E-state index contributed by atoms with van der Waals surface area (Å²) in [6.07, 6.45) is 1.02. The zero-order valence-corrected chi connectivity index (χ0v) is 15.7. The minimum Gasteiger partial charge on any atom is -0.495 e. The molecule has 0 radical (unpaired) electrons. The Morgan fingerprint density at radius 3 is 2.56 bits per heavy atom. The molecule has 6 nitrogen and oxygen atoms in total. The Morgan fingerprint density at radius 1 is 1.24 bits per heavy atom. The summed E-state index contributed by atoms with van der Waals surface area (Å²) in [5.41, 5.74) is 1.78. The highest BCUT2D eigenvalue weighted by atomic mass is 35.5. The summed E-state index contributed by atoms with van der Waals surface area (Å²) in [6.45, 7) is 1.50. The van der Waals surface area contributed by atoms with Crippen molar-refractivity contribution in [3.05, 3.63) is 53.1 Å². The van der Waals surface area contributed by atoms with Crippen LogP contribution < -0.4 is 14.4 Å². The van der Waals surface area contributed by atoms with E-state index in [9.17, 15) is 13.2 Å². The Morgan fingerprint density at radius 2 is 1.96 bits per heavy atom. The van der Waals surface area contributed by atoms with E-state index in [0.717, 1.165) is 16.1 Å². The van der Waals surface area contributed by atoms with Crippen molar-refractivity contribution in [2.24, 2.45) is 0 Å². The first-order valence-corrected chi connectivity index (χ1v) is 9.61. The third kappa shape index (κ3) is 5.11. The van der Waals surface area contributed by atoms with Gasteiger partial charge in [-0.2, -0.15) is 0 Å². The van der Waals surface area contributed by atoms with Crippen molar-refractivity contribution in [3.63, 3.8) is 0 Å². The van der Waals surface area contributed by atoms with Crippen molar-refractivity contribution in [1.82, 2.24) is 0 Å². The molecule has 0 saturated carbocycles. The highest BCUT2D eigenvalue weighted by Gasteiger charge is 2.24. The van der Waals surface area contributed by atoms with Crippen LogP contribution in [-0.2, 0) is 14.8 Å². The summed E-state index contributed by atoms with van der Waals surface area (Å²) in [5.74, 6) is -0.170. The lowest BCUT2D eigenvalue weighted by Gasteiger charge is -2.24. The molecule has 1 amide bonds. The molecule has 0 aromatic heterocycles. The first-order valence-electron chi connectivity index (χ1n) is 7.38. The van der Waals surface area contributed by atoms with Crippen LogP contribution in [0.4, 0.5) is 11.4 Å². The molecule has 0 aliphatic heterocycles. The molecule has 0 unspecified atom stereocenters. The second-order valence-corrected chi connectivity index (χ2v) is 7.85. The van der Waals surface area contributed by atoms with Crippen molar-refractivity contribution < 1.29 is 17.9 Å². The molecule has 0 aliphatic carbocycles. The van der Waals surface area contributed by atoms with E-state index in [2.05, 4.69) is 5.32 Å². The number of nitrogens with one attached hydrogen (secondary N) is 1. The maximum absolute atomic E-state index is 12.3. The molecule has 2 rings (SSSR count). The highest BCUT2D eigenvalue weighted by molar-refractivity contribution is 7.92. The van der Waals surface area contributed by atoms with Gasteiger partial charge < -0.3 is 10.1 Å². The molecule has 0 spiro atoms. The van der Waals surface area contributed by atoms with Gasteiger partial charge in [-0.25, -0.2) is 8.42 Å². The Hall–Kier alpha value is -2.25. The lowest BCUT2D eigenvalue weighted by atomic mass is 10.2. The first-order chi connectivity index (χ1) is 11.7. The molecule has 134 valence electrons. The average molecular weight is 383 g/mol. The average Bonchev–Trinajstić information content (AvgIpc) is 2.51. The van der Waals surface area contributed by atoms with E-state index in [1.54, 1.807) is 30.3 Å². The number of carbonyl (C=O) groups is 1. The van der Waals surface area contributed by atoms with Crippen LogP contribution in [0, 0.1) is 6.92 Å². The monoisotopic (exact) mass is 382 g/mol. The quantitative estimate of drug-likeness (QED) is 0.833. The standard InChI is InChI=1S/C17H19ClN2O4S/c1-12-5-4-6-14(9-12)19-17(21)11-20(25(3,22)23)15-10-13(18)7-8-16(15)24-2/h4-10H,11H2,1-3H3,(H,19,21). The number of anilines is 2. The van der Waals surface area contributed by atoms with Gasteiger partial charge in [0.1, 0.15) is 12.3 Å². The number of sulfonamides is 1. The third-order valence-electron chi connectivity index (χ3n) is 3.40. The van der Waals surface area contributed by atoms with Gasteiger partial charge in [0.05, 0.1) is 19.1 Å². The maximum Gasteiger partial charge on any atom is 0.245 e. The lowest BCUT2D eigenvalue weighted by molar-refractivity contribution is -0.114. The summed E-state index contributed by atoms with van der Waals surface area (Å²) in [7, 11) is -2.31. The number of ether oxygens (including phenoxy) is 1. The number of hydrogen-bond acceptors (Lipinski definition) is 4. The summed E-state index contributed by atoms with van der Waals surface area (Å²) < 4.78 is 30.6. The van der Waals surface area contributed by atoms with Crippen molar-refractivity contribution in [3.8, 4) is 5.75 Å². The second kappa shape index (κ2) is 7.76. The van der Waals surface area contributed by atoms with Crippen molar-refractivity contribution in [1.29, 1.82) is 0 Å². The zero-order valence-electron chi connectivity index (χ0n) is 14.1. The van der Waals surface area contributed by atoms with Crippen LogP contribution >= 0.6 is 11.6 Å². The minimum absolute atomic E-state index is 0.205. The number of carbonyl (C=O) groups excluding carboxylic acids is 1. The van der Waals surface area contributed by atoms with Gasteiger partial charge in [-0.3, -0.25) is 9.10 Å². The predicted molar refractivity (Wildman–Crippen MR) is 100 cm³/mol. The molecule has 0 fully saturated rings. The number of methoxy groups -OCH3 is 1. The van der Waals surface area contributed by atoms with E-state index in [4.69, 9.17) is 16.3 Å². The van der Waals surface area contributed by atoms with Crippen LogP contribution in [0.1, 0.15) is 5.56 Å². The highest BCUT2D eigenvalue weighted by Crippen LogP contribution is 2.32. The molecule has 1 N–H and O–H groups in total. The molecule has 0 atom stereocenters. The number of rotatable bonds is 6. The van der Waals surface area contributed by atoms with E-state index in [0.29, 0.717) is 16.5 Å². The molecule has 2 aromatic carbocycles. The van der Waals surface area contributed by atoms with Crippen LogP contribution in [-0.4, -0.2) is 34.2 Å². The van der Waals surface area contributed by atoms with Crippen LogP contribution in [0.3, 0.4) is 0 Å². The predicted octanol–water partition coefficient (Wildman–Crippen LogP) is 3.06. The second-order valence-electron chi connectivity index (χ2n) is 5.50. The number of nitrogens with zero attached hydrogens (tertiary/aromatic N) is 1. The number of amides is 1. The van der Waals surface area contributed by atoms with E-state index >= 15 is 0 Å². The van der Waals surface area contributed by atoms with Gasteiger partial charge in [0.15, 0.2) is 0 Å². The molecule has 25 heavy (non-hydrogen) atoms.